The molecule has 1 aromatic heterocycles. The van der Waals surface area contributed by atoms with E-state index in [2.05, 4.69) is 9.71 Å². The number of nitrogens with one attached hydrogen (secondary N) is 1. The third-order valence-electron chi connectivity index (χ3n) is 4.02. The van der Waals surface area contributed by atoms with E-state index in [9.17, 15) is 13.5 Å². The number of sulfonamides is 1. The third kappa shape index (κ3) is 3.72. The summed E-state index contributed by atoms with van der Waals surface area (Å²) in [5, 5.41) is 9.91. The molecule has 2 N–H and O–H groups in total. The minimum Gasteiger partial charge on any atom is -0.393 e. The number of halogens is 1. The number of hydrogen-bond donors (Lipinski definition) is 2. The molecule has 0 amide bonds. The molecule has 122 valence electrons. The Balaban J connectivity index is 1.89. The van der Waals surface area contributed by atoms with Crippen molar-refractivity contribution in [2.45, 2.75) is 29.9 Å². The number of aliphatic hydroxyl groups excluding tert-OH is 1. The van der Waals surface area contributed by atoms with E-state index in [0.717, 1.165) is 0 Å². The largest absolute Gasteiger partial charge is 0.393 e. The van der Waals surface area contributed by atoms with Crippen molar-refractivity contribution in [2.24, 2.45) is 5.92 Å². The van der Waals surface area contributed by atoms with Gasteiger partial charge in [-0.15, -0.1) is 0 Å². The minimum atomic E-state index is -3.72. The molecule has 1 aliphatic carbocycles. The molecule has 1 aromatic carbocycles. The minimum absolute atomic E-state index is 0.0221. The molecule has 1 fully saturated rings. The summed E-state index contributed by atoms with van der Waals surface area (Å²) in [6.45, 7) is 0. The number of nitrogens with zero attached hydrogens (tertiary/aromatic N) is 1. The summed E-state index contributed by atoms with van der Waals surface area (Å²) >= 11 is 5.89. The predicted octanol–water partition coefficient (Wildman–Crippen LogP) is 2.53. The van der Waals surface area contributed by atoms with E-state index in [1.807, 2.05) is 6.07 Å². The molecule has 1 aliphatic rings. The molecule has 0 bridgehead atoms. The predicted molar refractivity (Wildman–Crippen MR) is 87.5 cm³/mol. The maximum Gasteiger partial charge on any atom is 0.241 e. The van der Waals surface area contributed by atoms with Crippen molar-refractivity contribution in [1.82, 2.24) is 9.71 Å². The van der Waals surface area contributed by atoms with E-state index >= 15 is 0 Å². The van der Waals surface area contributed by atoms with Gasteiger partial charge in [0, 0.05) is 11.2 Å². The molecule has 1 unspecified atom stereocenters. The zero-order chi connectivity index (χ0) is 16.4. The van der Waals surface area contributed by atoms with Crippen LogP contribution < -0.4 is 4.72 Å². The summed E-state index contributed by atoms with van der Waals surface area (Å²) in [4.78, 5) is 4.38. The quantitative estimate of drug-likeness (QED) is 0.866. The Bertz CT molecular complexity index is 777. The van der Waals surface area contributed by atoms with Crippen molar-refractivity contribution in [1.29, 1.82) is 0 Å². The fraction of sp³-hybridized carbons (Fsp3) is 0.312. The number of hydrogen-bond acceptors (Lipinski definition) is 4. The number of benzene rings is 1. The first kappa shape index (κ1) is 16.4. The van der Waals surface area contributed by atoms with Crippen molar-refractivity contribution >= 4 is 21.6 Å². The Morgan fingerprint density at radius 1 is 1.22 bits per heavy atom. The molecule has 0 aliphatic heterocycles. The summed E-state index contributed by atoms with van der Waals surface area (Å²) < 4.78 is 28.0. The van der Waals surface area contributed by atoms with E-state index < -0.39 is 16.1 Å². The molecule has 5 nitrogen and oxygen atoms in total. The lowest BCUT2D eigenvalue weighted by Gasteiger charge is -2.37. The van der Waals surface area contributed by atoms with Crippen LogP contribution in [0.4, 0.5) is 0 Å². The second-order valence-electron chi connectivity index (χ2n) is 5.70. The van der Waals surface area contributed by atoms with Crippen LogP contribution in [0.1, 0.15) is 24.6 Å². The second kappa shape index (κ2) is 6.57. The van der Waals surface area contributed by atoms with Crippen LogP contribution in [-0.4, -0.2) is 24.6 Å². The molecule has 7 heteroatoms. The zero-order valence-electron chi connectivity index (χ0n) is 12.3. The molecule has 0 saturated heterocycles. The van der Waals surface area contributed by atoms with Crippen LogP contribution in [0, 0.1) is 5.92 Å². The maximum atomic E-state index is 12.6. The van der Waals surface area contributed by atoms with Crippen molar-refractivity contribution in [2.75, 3.05) is 0 Å². The highest BCUT2D eigenvalue weighted by atomic mass is 35.5. The van der Waals surface area contributed by atoms with E-state index in [1.54, 1.807) is 30.5 Å². The topological polar surface area (TPSA) is 79.3 Å². The fourth-order valence-electron chi connectivity index (χ4n) is 2.73. The SMILES string of the molecule is O=S(=O)(NC(c1ccccn1)C1CC(O)C1)c1cccc(Cl)c1. The van der Waals surface area contributed by atoms with Crippen LogP contribution in [0.5, 0.6) is 0 Å². The van der Waals surface area contributed by atoms with Gasteiger partial charge in [-0.05, 0) is 49.1 Å². The highest BCUT2D eigenvalue weighted by molar-refractivity contribution is 7.89. The van der Waals surface area contributed by atoms with E-state index in [-0.39, 0.29) is 16.9 Å². The summed E-state index contributed by atoms with van der Waals surface area (Å²) in [5.41, 5.74) is 0.648. The molecular weight excluding hydrogens is 336 g/mol. The first-order valence-corrected chi connectivity index (χ1v) is 9.19. The molecule has 23 heavy (non-hydrogen) atoms. The number of rotatable bonds is 5. The van der Waals surface area contributed by atoms with Gasteiger partial charge in [0.1, 0.15) is 0 Å². The van der Waals surface area contributed by atoms with Crippen molar-refractivity contribution in [3.63, 3.8) is 0 Å². The van der Waals surface area contributed by atoms with Crippen molar-refractivity contribution in [3.05, 3.63) is 59.4 Å². The monoisotopic (exact) mass is 352 g/mol. The van der Waals surface area contributed by atoms with Gasteiger partial charge in [0.25, 0.3) is 0 Å². The van der Waals surface area contributed by atoms with E-state index in [4.69, 9.17) is 11.6 Å². The maximum absolute atomic E-state index is 12.6. The normalized spacial score (nSPS) is 22.3. The van der Waals surface area contributed by atoms with Crippen LogP contribution in [0.2, 0.25) is 5.02 Å². The molecular formula is C16H17ClN2O3S. The molecule has 2 aromatic rings. The summed E-state index contributed by atoms with van der Waals surface area (Å²) in [6.07, 6.45) is 2.37. The Morgan fingerprint density at radius 3 is 2.61 bits per heavy atom. The summed E-state index contributed by atoms with van der Waals surface area (Å²) in [5.74, 6) is 0.0221. The molecule has 1 atom stereocenters. The second-order valence-corrected chi connectivity index (χ2v) is 7.85. The lowest BCUT2D eigenvalue weighted by atomic mass is 9.76. The lowest BCUT2D eigenvalue weighted by Crippen LogP contribution is -2.41. The Kier molecular flexibility index (Phi) is 4.68. The van der Waals surface area contributed by atoms with Crippen LogP contribution in [-0.2, 0) is 10.0 Å². The number of aliphatic hydroxyl groups is 1. The first-order chi connectivity index (χ1) is 11.0. The summed E-state index contributed by atoms with van der Waals surface area (Å²) in [7, 11) is -3.72. The van der Waals surface area contributed by atoms with Crippen LogP contribution in [0.15, 0.2) is 53.6 Å². The average molecular weight is 353 g/mol. The fourth-order valence-corrected chi connectivity index (χ4v) is 4.31. The van der Waals surface area contributed by atoms with Gasteiger partial charge in [-0.3, -0.25) is 4.98 Å². The van der Waals surface area contributed by atoms with Crippen molar-refractivity contribution < 1.29 is 13.5 Å². The molecule has 1 saturated carbocycles. The van der Waals surface area contributed by atoms with Crippen LogP contribution in [0.3, 0.4) is 0 Å². The Labute approximate surface area is 140 Å². The van der Waals surface area contributed by atoms with Gasteiger partial charge in [0.2, 0.25) is 10.0 Å². The van der Waals surface area contributed by atoms with Gasteiger partial charge in [-0.25, -0.2) is 13.1 Å². The van der Waals surface area contributed by atoms with E-state index in [1.165, 1.54) is 12.1 Å². The number of pyridine rings is 1. The highest BCUT2D eigenvalue weighted by Crippen LogP contribution is 2.38. The standard InChI is InChI=1S/C16H17ClN2O3S/c17-12-4-3-5-14(10-12)23(21,22)19-16(11-8-13(20)9-11)15-6-1-2-7-18-15/h1-7,10-11,13,16,19-20H,8-9H2. The van der Waals surface area contributed by atoms with Gasteiger partial charge in [-0.2, -0.15) is 0 Å². The van der Waals surface area contributed by atoms with Gasteiger partial charge in [0.05, 0.1) is 22.7 Å². The third-order valence-corrected chi connectivity index (χ3v) is 5.69. The van der Waals surface area contributed by atoms with Gasteiger partial charge in [0.15, 0.2) is 0 Å². The molecule has 0 spiro atoms. The summed E-state index contributed by atoms with van der Waals surface area (Å²) in [6, 6.07) is 11.0. The molecule has 3 rings (SSSR count). The van der Waals surface area contributed by atoms with Crippen LogP contribution in [0.25, 0.3) is 0 Å². The van der Waals surface area contributed by atoms with Gasteiger partial charge < -0.3 is 5.11 Å². The van der Waals surface area contributed by atoms with Gasteiger partial charge in [-0.1, -0.05) is 23.7 Å². The first-order valence-electron chi connectivity index (χ1n) is 7.32. The van der Waals surface area contributed by atoms with Crippen LogP contribution >= 0.6 is 11.6 Å². The smallest absolute Gasteiger partial charge is 0.241 e. The lowest BCUT2D eigenvalue weighted by molar-refractivity contribution is 0.0273. The van der Waals surface area contributed by atoms with Crippen molar-refractivity contribution in [3.8, 4) is 0 Å². The molecule has 0 radical (unpaired) electrons. The Hall–Kier alpha value is -1.47. The zero-order valence-corrected chi connectivity index (χ0v) is 13.8. The Morgan fingerprint density at radius 2 is 2.00 bits per heavy atom. The van der Waals surface area contributed by atoms with E-state index in [0.29, 0.717) is 23.6 Å². The van der Waals surface area contributed by atoms with Gasteiger partial charge >= 0.3 is 0 Å². The molecule has 1 heterocycles. The number of aromatic nitrogens is 1. The highest BCUT2D eigenvalue weighted by Gasteiger charge is 2.37. The average Bonchev–Trinajstić information content (AvgIpc) is 2.51.